The number of ether oxygens (including phenoxy) is 1. The van der Waals surface area contributed by atoms with Crippen LogP contribution in [0, 0.1) is 11.8 Å². The number of piperidine rings is 1. The van der Waals surface area contributed by atoms with Crippen molar-refractivity contribution in [3.63, 3.8) is 0 Å². The third-order valence-electron chi connectivity index (χ3n) is 5.83. The van der Waals surface area contributed by atoms with Gasteiger partial charge in [0.05, 0.1) is 11.3 Å². The van der Waals surface area contributed by atoms with Crippen LogP contribution in [0.25, 0.3) is 11.3 Å². The first kappa shape index (κ1) is 20.7. The van der Waals surface area contributed by atoms with E-state index in [0.29, 0.717) is 23.1 Å². The van der Waals surface area contributed by atoms with Crippen molar-refractivity contribution in [2.75, 3.05) is 23.3 Å². The van der Waals surface area contributed by atoms with E-state index in [1.54, 1.807) is 12.3 Å². The van der Waals surface area contributed by atoms with Crippen LogP contribution in [-0.2, 0) is 0 Å². The fourth-order valence-corrected chi connectivity index (χ4v) is 4.22. The summed E-state index contributed by atoms with van der Waals surface area (Å²) >= 11 is 4.76. The molecule has 166 valence electrons. The highest BCUT2D eigenvalue weighted by Crippen LogP contribution is 2.46. The van der Waals surface area contributed by atoms with E-state index < -0.39 is 11.5 Å². The van der Waals surface area contributed by atoms with Crippen molar-refractivity contribution in [3.8, 4) is 17.0 Å². The van der Waals surface area contributed by atoms with E-state index in [4.69, 9.17) is 17.3 Å². The molecule has 1 amide bonds. The Morgan fingerprint density at radius 1 is 1.25 bits per heavy atom. The van der Waals surface area contributed by atoms with Crippen LogP contribution < -0.4 is 20.7 Å². The number of halogens is 3. The number of benzene rings is 1. The molecule has 32 heavy (non-hydrogen) atoms. The maximum Gasteiger partial charge on any atom is 0.487 e. The monoisotopic (exact) mass is 460 g/mol. The van der Waals surface area contributed by atoms with Crippen molar-refractivity contribution in [2.45, 2.75) is 11.6 Å². The number of aromatic amines is 1. The van der Waals surface area contributed by atoms with Crippen molar-refractivity contribution < 1.29 is 18.3 Å². The van der Waals surface area contributed by atoms with E-state index in [1.165, 1.54) is 30.5 Å². The number of rotatable bonds is 6. The van der Waals surface area contributed by atoms with Gasteiger partial charge in [0.1, 0.15) is 11.6 Å². The first-order valence-electron chi connectivity index (χ1n) is 9.96. The number of fused-ring (bicyclic) bond motifs is 1. The Bertz CT molecular complexity index is 1120. The summed E-state index contributed by atoms with van der Waals surface area (Å²) in [6.45, 7) is 1.67. The number of pyridine rings is 1. The van der Waals surface area contributed by atoms with E-state index in [0.717, 1.165) is 30.2 Å². The molecule has 1 saturated carbocycles. The van der Waals surface area contributed by atoms with Crippen LogP contribution in [0.15, 0.2) is 48.8 Å². The standard InChI is InChI=1S/C21H19ClF2N6O2/c22-21(23,24)32-13-3-1-12(2-4-13)28-20(31)11-7-14(17-5-6-27-29-17)19(26-8-11)30-9-15-16(10-30)18(15)25/h1-8,15-16,18H,9-10,25H2,(H,27,29)(H,28,31)/t15-,16+,18?. The highest BCUT2D eigenvalue weighted by molar-refractivity contribution is 6.20. The Morgan fingerprint density at radius 3 is 2.59 bits per heavy atom. The van der Waals surface area contributed by atoms with Gasteiger partial charge >= 0.3 is 5.57 Å². The second-order valence-corrected chi connectivity index (χ2v) is 8.34. The summed E-state index contributed by atoms with van der Waals surface area (Å²) in [5.74, 6) is 1.22. The zero-order valence-electron chi connectivity index (χ0n) is 16.6. The number of nitrogens with one attached hydrogen (secondary N) is 2. The zero-order valence-corrected chi connectivity index (χ0v) is 17.4. The Kier molecular flexibility index (Phi) is 4.98. The van der Waals surface area contributed by atoms with Crippen LogP contribution >= 0.6 is 11.6 Å². The molecule has 0 bridgehead atoms. The fraction of sp³-hybridized carbons (Fsp3) is 0.286. The van der Waals surface area contributed by atoms with E-state index >= 15 is 0 Å². The van der Waals surface area contributed by atoms with Crippen LogP contribution in [0.4, 0.5) is 20.3 Å². The number of aromatic nitrogens is 3. The number of anilines is 2. The number of hydrogen-bond donors (Lipinski definition) is 3. The number of alkyl halides is 3. The lowest BCUT2D eigenvalue weighted by molar-refractivity contribution is -0.0964. The van der Waals surface area contributed by atoms with Gasteiger partial charge in [0, 0.05) is 54.4 Å². The van der Waals surface area contributed by atoms with Gasteiger partial charge in [0.2, 0.25) is 0 Å². The number of nitrogens with two attached hydrogens (primary N) is 1. The quantitative estimate of drug-likeness (QED) is 0.487. The molecule has 4 N–H and O–H groups in total. The van der Waals surface area contributed by atoms with Gasteiger partial charge < -0.3 is 20.7 Å². The van der Waals surface area contributed by atoms with Crippen molar-refractivity contribution in [3.05, 3.63) is 54.4 Å². The molecule has 3 aromatic rings. The lowest BCUT2D eigenvalue weighted by Gasteiger charge is -2.23. The number of nitrogens with zero attached hydrogens (tertiary/aromatic N) is 3. The minimum atomic E-state index is -3.80. The molecular weight excluding hydrogens is 442 g/mol. The molecule has 0 spiro atoms. The largest absolute Gasteiger partial charge is 0.487 e. The summed E-state index contributed by atoms with van der Waals surface area (Å²) < 4.78 is 29.7. The van der Waals surface area contributed by atoms with E-state index in [2.05, 4.69) is 30.1 Å². The molecule has 0 radical (unpaired) electrons. The molecule has 2 fully saturated rings. The zero-order chi connectivity index (χ0) is 22.5. The Morgan fingerprint density at radius 2 is 1.97 bits per heavy atom. The summed E-state index contributed by atoms with van der Waals surface area (Å²) in [4.78, 5) is 19.6. The van der Waals surface area contributed by atoms with Crippen molar-refractivity contribution in [1.82, 2.24) is 15.2 Å². The molecule has 11 heteroatoms. The molecule has 3 atom stereocenters. The average molecular weight is 461 g/mol. The number of hydrogen-bond acceptors (Lipinski definition) is 6. The molecule has 1 aliphatic heterocycles. The topological polar surface area (TPSA) is 109 Å². The van der Waals surface area contributed by atoms with Gasteiger partial charge in [-0.25, -0.2) is 4.98 Å². The first-order chi connectivity index (χ1) is 15.3. The SMILES string of the molecule is NC1[C@H]2CN(c3ncc(C(=O)Nc4ccc(OC(F)(F)Cl)cc4)cc3-c3ccn[nH]3)C[C@@H]12. The van der Waals surface area contributed by atoms with Crippen LogP contribution in [0.1, 0.15) is 10.4 Å². The number of carbonyl (C=O) groups is 1. The minimum Gasteiger partial charge on any atom is -0.420 e. The molecule has 1 saturated heterocycles. The number of carbonyl (C=O) groups excluding carboxylic acids is 1. The lowest BCUT2D eigenvalue weighted by Crippen LogP contribution is -2.29. The molecule has 1 aliphatic carbocycles. The minimum absolute atomic E-state index is 0.126. The second-order valence-electron chi connectivity index (χ2n) is 7.90. The summed E-state index contributed by atoms with van der Waals surface area (Å²) in [5.41, 5.74) is 4.50. The highest BCUT2D eigenvalue weighted by atomic mass is 35.5. The lowest BCUT2D eigenvalue weighted by atomic mass is 10.1. The van der Waals surface area contributed by atoms with Crippen molar-refractivity contribution in [1.29, 1.82) is 0 Å². The maximum absolute atomic E-state index is 12.8. The third kappa shape index (κ3) is 4.11. The molecule has 8 nitrogen and oxygen atoms in total. The Balaban J connectivity index is 1.35. The van der Waals surface area contributed by atoms with Crippen LogP contribution in [0.3, 0.4) is 0 Å². The summed E-state index contributed by atoms with van der Waals surface area (Å²) in [7, 11) is 0. The fourth-order valence-electron chi connectivity index (χ4n) is 4.13. The van der Waals surface area contributed by atoms with Gasteiger partial charge in [-0.2, -0.15) is 5.10 Å². The highest BCUT2D eigenvalue weighted by Gasteiger charge is 2.54. The number of H-pyrrole nitrogens is 1. The molecule has 1 aromatic carbocycles. The molecule has 1 unspecified atom stereocenters. The summed E-state index contributed by atoms with van der Waals surface area (Å²) in [5, 5.41) is 9.66. The molecular formula is C21H19ClF2N6O2. The van der Waals surface area contributed by atoms with Gasteiger partial charge in [-0.3, -0.25) is 9.89 Å². The van der Waals surface area contributed by atoms with Gasteiger partial charge in [-0.1, -0.05) is 0 Å². The average Bonchev–Trinajstić information content (AvgIpc) is 3.20. The third-order valence-corrected chi connectivity index (χ3v) is 5.90. The van der Waals surface area contributed by atoms with Gasteiger partial charge in [-0.15, -0.1) is 8.78 Å². The predicted octanol–water partition coefficient (Wildman–Crippen LogP) is 3.29. The molecule has 2 aromatic heterocycles. The molecule has 2 aliphatic rings. The summed E-state index contributed by atoms with van der Waals surface area (Å²) in [6, 6.07) is 9.27. The molecule has 3 heterocycles. The Labute approximate surface area is 186 Å². The van der Waals surface area contributed by atoms with Gasteiger partial charge in [0.25, 0.3) is 5.91 Å². The summed E-state index contributed by atoms with van der Waals surface area (Å²) in [6.07, 6.45) is 3.15. The smallest absolute Gasteiger partial charge is 0.420 e. The normalized spacial score (nSPS) is 21.9. The van der Waals surface area contributed by atoms with Crippen molar-refractivity contribution in [2.24, 2.45) is 17.6 Å². The predicted molar refractivity (Wildman–Crippen MR) is 115 cm³/mol. The van der Waals surface area contributed by atoms with E-state index in [1.807, 2.05) is 6.07 Å². The van der Waals surface area contributed by atoms with E-state index in [-0.39, 0.29) is 11.8 Å². The second kappa shape index (κ2) is 7.72. The van der Waals surface area contributed by atoms with Gasteiger partial charge in [-0.05, 0) is 48.2 Å². The number of amides is 1. The van der Waals surface area contributed by atoms with Crippen LogP contribution in [0.2, 0.25) is 0 Å². The van der Waals surface area contributed by atoms with Crippen molar-refractivity contribution >= 4 is 29.0 Å². The van der Waals surface area contributed by atoms with E-state index in [9.17, 15) is 13.6 Å². The molecule has 5 rings (SSSR count). The maximum atomic E-state index is 12.8. The van der Waals surface area contributed by atoms with Crippen LogP contribution in [-0.4, -0.2) is 45.8 Å². The van der Waals surface area contributed by atoms with Crippen LogP contribution in [0.5, 0.6) is 5.75 Å². The Hall–Kier alpha value is -3.24. The first-order valence-corrected chi connectivity index (χ1v) is 10.3. The van der Waals surface area contributed by atoms with Gasteiger partial charge in [0.15, 0.2) is 0 Å².